The zero-order valence-electron chi connectivity index (χ0n) is 13.6. The summed E-state index contributed by atoms with van der Waals surface area (Å²) in [5, 5.41) is 6.57. The highest BCUT2D eigenvalue weighted by molar-refractivity contribution is 5.90. The van der Waals surface area contributed by atoms with Crippen molar-refractivity contribution in [3.05, 3.63) is 23.8 Å². The highest BCUT2D eigenvalue weighted by Crippen LogP contribution is 2.53. The third kappa shape index (κ3) is 2.98. The van der Waals surface area contributed by atoms with Crippen LogP contribution in [0.15, 0.2) is 18.2 Å². The summed E-state index contributed by atoms with van der Waals surface area (Å²) in [5.74, 6) is 0.627. The Balaban J connectivity index is 1.64. The lowest BCUT2D eigenvalue weighted by Crippen LogP contribution is -2.51. The van der Waals surface area contributed by atoms with Gasteiger partial charge in [0.05, 0.1) is 12.8 Å². The van der Waals surface area contributed by atoms with E-state index in [4.69, 9.17) is 4.74 Å². The Morgan fingerprint density at radius 3 is 2.68 bits per heavy atom. The summed E-state index contributed by atoms with van der Waals surface area (Å²) in [5.41, 5.74) is 2.52. The molecule has 22 heavy (non-hydrogen) atoms. The van der Waals surface area contributed by atoms with Gasteiger partial charge in [-0.15, -0.1) is 0 Å². The number of anilines is 1. The lowest BCUT2D eigenvalue weighted by atomic mass is 9.63. The van der Waals surface area contributed by atoms with Crippen molar-refractivity contribution < 1.29 is 9.53 Å². The summed E-state index contributed by atoms with van der Waals surface area (Å²) >= 11 is 0. The van der Waals surface area contributed by atoms with E-state index in [-0.39, 0.29) is 5.91 Å². The molecule has 1 atom stereocenters. The lowest BCUT2D eigenvalue weighted by molar-refractivity contribution is -0.114. The van der Waals surface area contributed by atoms with Crippen LogP contribution in [-0.2, 0) is 11.3 Å². The lowest BCUT2D eigenvalue weighted by Gasteiger charge is -2.48. The van der Waals surface area contributed by atoms with Gasteiger partial charge in [0, 0.05) is 19.5 Å². The van der Waals surface area contributed by atoms with E-state index < -0.39 is 0 Å². The number of ether oxygens (including phenoxy) is 1. The monoisotopic (exact) mass is 302 g/mol. The summed E-state index contributed by atoms with van der Waals surface area (Å²) in [7, 11) is 1.62. The van der Waals surface area contributed by atoms with Crippen molar-refractivity contribution in [3.8, 4) is 5.75 Å². The molecule has 3 rings (SSSR count). The van der Waals surface area contributed by atoms with Crippen molar-refractivity contribution in [1.29, 1.82) is 0 Å². The Kier molecular flexibility index (Phi) is 4.39. The van der Waals surface area contributed by atoms with Crippen molar-refractivity contribution in [2.24, 2.45) is 5.41 Å². The minimum Gasteiger partial charge on any atom is -0.495 e. The minimum atomic E-state index is -0.0766. The number of nitrogens with one attached hydrogen (secondary N) is 2. The Hall–Kier alpha value is -1.55. The number of carbonyl (C=O) groups is 1. The molecule has 4 nitrogen and oxygen atoms in total. The first-order chi connectivity index (χ1) is 10.6. The van der Waals surface area contributed by atoms with E-state index in [0.717, 1.165) is 12.2 Å². The highest BCUT2D eigenvalue weighted by Gasteiger charge is 2.47. The van der Waals surface area contributed by atoms with Crippen molar-refractivity contribution in [3.63, 3.8) is 0 Å². The number of methoxy groups -OCH3 is 1. The summed E-state index contributed by atoms with van der Waals surface area (Å²) in [6.07, 6.45) is 8.27. The average Bonchev–Trinajstić information content (AvgIpc) is 2.98. The van der Waals surface area contributed by atoms with Gasteiger partial charge < -0.3 is 15.4 Å². The molecule has 0 radical (unpaired) electrons. The molecule has 120 valence electrons. The molecule has 0 saturated heterocycles. The van der Waals surface area contributed by atoms with E-state index in [9.17, 15) is 4.79 Å². The Labute approximate surface area is 132 Å². The van der Waals surface area contributed by atoms with Crippen LogP contribution in [0, 0.1) is 5.41 Å². The van der Waals surface area contributed by atoms with Crippen LogP contribution in [0.4, 0.5) is 5.69 Å². The molecule has 0 aliphatic heterocycles. The van der Waals surface area contributed by atoms with Crippen molar-refractivity contribution in [2.45, 2.75) is 58.0 Å². The highest BCUT2D eigenvalue weighted by atomic mass is 16.5. The van der Waals surface area contributed by atoms with E-state index in [1.54, 1.807) is 7.11 Å². The van der Waals surface area contributed by atoms with Crippen LogP contribution < -0.4 is 15.4 Å². The van der Waals surface area contributed by atoms with Crippen molar-refractivity contribution in [2.75, 3.05) is 12.4 Å². The molecule has 1 amide bonds. The average molecular weight is 302 g/mol. The third-order valence-electron chi connectivity index (χ3n) is 5.40. The molecule has 0 bridgehead atoms. The van der Waals surface area contributed by atoms with Gasteiger partial charge in [-0.3, -0.25) is 4.79 Å². The maximum Gasteiger partial charge on any atom is 0.221 e. The zero-order valence-corrected chi connectivity index (χ0v) is 13.6. The van der Waals surface area contributed by atoms with E-state index in [1.807, 2.05) is 12.1 Å². The largest absolute Gasteiger partial charge is 0.495 e. The molecule has 1 aromatic carbocycles. The van der Waals surface area contributed by atoms with Crippen LogP contribution in [0.3, 0.4) is 0 Å². The maximum absolute atomic E-state index is 11.3. The van der Waals surface area contributed by atoms with Gasteiger partial charge in [-0.25, -0.2) is 0 Å². The fraction of sp³-hybridized carbons (Fsp3) is 0.611. The van der Waals surface area contributed by atoms with Crippen LogP contribution >= 0.6 is 0 Å². The van der Waals surface area contributed by atoms with Crippen LogP contribution in [0.25, 0.3) is 0 Å². The fourth-order valence-electron chi connectivity index (χ4n) is 4.09. The maximum atomic E-state index is 11.3. The first-order valence-electron chi connectivity index (χ1n) is 8.31. The Bertz CT molecular complexity index is 550. The molecular formula is C18H26N2O2. The topological polar surface area (TPSA) is 50.4 Å². The number of amides is 1. The molecule has 0 unspecified atom stereocenters. The molecule has 0 heterocycles. The van der Waals surface area contributed by atoms with Crippen molar-refractivity contribution in [1.82, 2.24) is 5.32 Å². The van der Waals surface area contributed by atoms with Gasteiger partial charge in [0.2, 0.25) is 5.91 Å². The van der Waals surface area contributed by atoms with Gasteiger partial charge in [0.15, 0.2) is 0 Å². The smallest absolute Gasteiger partial charge is 0.221 e. The molecule has 2 fully saturated rings. The zero-order chi connectivity index (χ0) is 15.6. The normalized spacial score (nSPS) is 22.4. The van der Waals surface area contributed by atoms with Gasteiger partial charge in [-0.2, -0.15) is 0 Å². The molecule has 1 aromatic rings. The second kappa shape index (κ2) is 6.29. The summed E-state index contributed by atoms with van der Waals surface area (Å²) in [4.78, 5) is 11.3. The summed E-state index contributed by atoms with van der Waals surface area (Å²) < 4.78 is 5.30. The number of carbonyl (C=O) groups excluding carboxylic acids is 1. The standard InChI is InChI=1S/C18H26N2O2/c1-13(21)20-15-11-14(5-6-16(15)22-2)12-19-17-7-10-18(17)8-3-4-9-18/h5-6,11,17,19H,3-4,7-10,12H2,1-2H3,(H,20,21)/t17-/m0/s1. The minimum absolute atomic E-state index is 0.0766. The molecule has 2 N–H and O–H groups in total. The van der Waals surface area contributed by atoms with Gasteiger partial charge in [-0.05, 0) is 48.8 Å². The predicted molar refractivity (Wildman–Crippen MR) is 88.1 cm³/mol. The summed E-state index contributed by atoms with van der Waals surface area (Å²) in [6, 6.07) is 6.67. The Morgan fingerprint density at radius 2 is 2.09 bits per heavy atom. The van der Waals surface area contributed by atoms with Crippen LogP contribution in [0.2, 0.25) is 0 Å². The summed E-state index contributed by atoms with van der Waals surface area (Å²) in [6.45, 7) is 2.37. The molecule has 2 saturated carbocycles. The fourth-order valence-corrected chi connectivity index (χ4v) is 4.09. The number of hydrogen-bond acceptors (Lipinski definition) is 3. The molecule has 0 aromatic heterocycles. The van der Waals surface area contributed by atoms with Crippen LogP contribution in [0.1, 0.15) is 51.0 Å². The van der Waals surface area contributed by atoms with Gasteiger partial charge in [0.1, 0.15) is 5.75 Å². The molecule has 4 heteroatoms. The molecular weight excluding hydrogens is 276 g/mol. The second-order valence-corrected chi connectivity index (χ2v) is 6.76. The van der Waals surface area contributed by atoms with Gasteiger partial charge >= 0.3 is 0 Å². The van der Waals surface area contributed by atoms with E-state index in [2.05, 4.69) is 16.7 Å². The van der Waals surface area contributed by atoms with Crippen molar-refractivity contribution >= 4 is 11.6 Å². The molecule has 2 aliphatic carbocycles. The van der Waals surface area contributed by atoms with E-state index in [0.29, 0.717) is 17.2 Å². The van der Waals surface area contributed by atoms with Crippen LogP contribution in [0.5, 0.6) is 5.75 Å². The molecule has 1 spiro atoms. The van der Waals surface area contributed by atoms with Gasteiger partial charge in [0.25, 0.3) is 0 Å². The van der Waals surface area contributed by atoms with Crippen LogP contribution in [-0.4, -0.2) is 19.1 Å². The quantitative estimate of drug-likeness (QED) is 0.875. The van der Waals surface area contributed by atoms with E-state index >= 15 is 0 Å². The first-order valence-corrected chi connectivity index (χ1v) is 8.31. The first kappa shape index (κ1) is 15.3. The number of rotatable bonds is 5. The second-order valence-electron chi connectivity index (χ2n) is 6.76. The predicted octanol–water partition coefficient (Wildman–Crippen LogP) is 3.47. The number of benzene rings is 1. The Morgan fingerprint density at radius 1 is 1.32 bits per heavy atom. The number of hydrogen-bond donors (Lipinski definition) is 2. The van der Waals surface area contributed by atoms with E-state index in [1.165, 1.54) is 51.0 Å². The third-order valence-corrected chi connectivity index (χ3v) is 5.40. The van der Waals surface area contributed by atoms with Gasteiger partial charge in [-0.1, -0.05) is 18.9 Å². The SMILES string of the molecule is COc1ccc(CN[C@H]2CCC23CCCC3)cc1NC(C)=O. The molecule has 2 aliphatic rings.